The molecule has 1 aromatic carbocycles. The molecule has 0 heterocycles. The molecule has 98 valence electrons. The standard InChI is InChI=1S/C12H14O5S/c1-17-9-4-2-8(3-5-9)7-18-10(12(15)16)6-11(13)14/h2-5,10H,6-7H2,1H3,(H,13,14)(H,15,16)/p-2. The van der Waals surface area contributed by atoms with Gasteiger partial charge in [-0.25, -0.2) is 0 Å². The average Bonchev–Trinajstić information content (AvgIpc) is 2.34. The second-order valence-corrected chi connectivity index (χ2v) is 4.73. The third kappa shape index (κ3) is 4.67. The number of benzene rings is 1. The molecule has 0 aliphatic heterocycles. The van der Waals surface area contributed by atoms with Gasteiger partial charge >= 0.3 is 0 Å². The molecule has 0 aliphatic rings. The molecule has 1 atom stereocenters. The molecule has 0 fully saturated rings. The summed E-state index contributed by atoms with van der Waals surface area (Å²) < 4.78 is 4.99. The van der Waals surface area contributed by atoms with Crippen LogP contribution in [-0.2, 0) is 15.3 Å². The molecule has 1 aromatic rings. The van der Waals surface area contributed by atoms with Crippen molar-refractivity contribution < 1.29 is 24.5 Å². The van der Waals surface area contributed by atoms with Crippen LogP contribution in [0, 0.1) is 0 Å². The minimum absolute atomic E-state index is 0.385. The molecule has 0 aliphatic carbocycles. The van der Waals surface area contributed by atoms with Crippen LogP contribution in [0.1, 0.15) is 12.0 Å². The van der Waals surface area contributed by atoms with Crippen molar-refractivity contribution >= 4 is 23.7 Å². The fourth-order valence-electron chi connectivity index (χ4n) is 1.28. The summed E-state index contributed by atoms with van der Waals surface area (Å²) in [4.78, 5) is 21.1. The summed E-state index contributed by atoms with van der Waals surface area (Å²) in [5, 5.41) is 20.0. The minimum Gasteiger partial charge on any atom is -0.550 e. The first-order chi connectivity index (χ1) is 8.52. The molecular weight excluding hydrogens is 256 g/mol. The first-order valence-corrected chi connectivity index (χ1v) is 6.23. The number of hydrogen-bond acceptors (Lipinski definition) is 6. The van der Waals surface area contributed by atoms with Gasteiger partial charge in [0.1, 0.15) is 5.75 Å². The first-order valence-electron chi connectivity index (χ1n) is 5.18. The predicted octanol–water partition coefficient (Wildman–Crippen LogP) is -0.813. The zero-order valence-corrected chi connectivity index (χ0v) is 10.6. The fraction of sp³-hybridized carbons (Fsp3) is 0.333. The van der Waals surface area contributed by atoms with Crippen LogP contribution in [0.3, 0.4) is 0 Å². The van der Waals surface area contributed by atoms with Gasteiger partial charge in [-0.15, -0.1) is 11.8 Å². The van der Waals surface area contributed by atoms with Gasteiger partial charge in [0.15, 0.2) is 0 Å². The van der Waals surface area contributed by atoms with E-state index >= 15 is 0 Å². The van der Waals surface area contributed by atoms with E-state index in [1.807, 2.05) is 0 Å². The van der Waals surface area contributed by atoms with E-state index in [1.54, 1.807) is 31.4 Å². The van der Waals surface area contributed by atoms with Gasteiger partial charge in [0, 0.05) is 23.4 Å². The second kappa shape index (κ2) is 6.90. The van der Waals surface area contributed by atoms with Gasteiger partial charge in [-0.05, 0) is 17.7 Å². The lowest BCUT2D eigenvalue weighted by molar-refractivity contribution is -0.314. The maximum absolute atomic E-state index is 10.7. The lowest BCUT2D eigenvalue weighted by atomic mass is 10.2. The van der Waals surface area contributed by atoms with Crippen LogP contribution in [0.2, 0.25) is 0 Å². The summed E-state index contributed by atoms with van der Waals surface area (Å²) in [6.45, 7) is 0. The number of aliphatic carboxylic acids is 2. The lowest BCUT2D eigenvalue weighted by Gasteiger charge is -2.18. The van der Waals surface area contributed by atoms with E-state index in [0.29, 0.717) is 11.5 Å². The Hall–Kier alpha value is -1.69. The molecule has 0 aromatic heterocycles. The summed E-state index contributed by atoms with van der Waals surface area (Å²) in [6, 6.07) is 7.08. The summed E-state index contributed by atoms with van der Waals surface area (Å²) in [5.74, 6) is -1.70. The molecule has 1 unspecified atom stereocenters. The van der Waals surface area contributed by atoms with E-state index in [1.165, 1.54) is 0 Å². The smallest absolute Gasteiger partial charge is 0.118 e. The van der Waals surface area contributed by atoms with Crippen LogP contribution in [0.15, 0.2) is 24.3 Å². The van der Waals surface area contributed by atoms with Crippen molar-refractivity contribution in [3.05, 3.63) is 29.8 Å². The van der Waals surface area contributed by atoms with Crippen molar-refractivity contribution in [1.82, 2.24) is 0 Å². The van der Waals surface area contributed by atoms with Crippen molar-refractivity contribution in [2.45, 2.75) is 17.4 Å². The molecule has 1 rings (SSSR count). The van der Waals surface area contributed by atoms with Gasteiger partial charge in [0.2, 0.25) is 0 Å². The van der Waals surface area contributed by atoms with E-state index in [-0.39, 0.29) is 0 Å². The van der Waals surface area contributed by atoms with Crippen LogP contribution in [0.25, 0.3) is 0 Å². The van der Waals surface area contributed by atoms with E-state index in [4.69, 9.17) is 4.74 Å². The van der Waals surface area contributed by atoms with Gasteiger partial charge < -0.3 is 24.5 Å². The number of carboxylic acids is 2. The van der Waals surface area contributed by atoms with Crippen LogP contribution < -0.4 is 14.9 Å². The third-order valence-corrected chi connectivity index (χ3v) is 3.49. The van der Waals surface area contributed by atoms with Gasteiger partial charge in [-0.1, -0.05) is 12.1 Å². The highest BCUT2D eigenvalue weighted by atomic mass is 32.2. The van der Waals surface area contributed by atoms with Crippen molar-refractivity contribution in [2.75, 3.05) is 7.11 Å². The maximum atomic E-state index is 10.7. The molecule has 6 heteroatoms. The van der Waals surface area contributed by atoms with E-state index in [2.05, 4.69) is 0 Å². The van der Waals surface area contributed by atoms with Crippen molar-refractivity contribution in [3.63, 3.8) is 0 Å². The van der Waals surface area contributed by atoms with Crippen molar-refractivity contribution in [1.29, 1.82) is 0 Å². The number of thioether (sulfide) groups is 1. The average molecular weight is 268 g/mol. The van der Waals surface area contributed by atoms with Crippen LogP contribution >= 0.6 is 11.8 Å². The lowest BCUT2D eigenvalue weighted by Crippen LogP contribution is -2.38. The number of ether oxygens (including phenoxy) is 1. The monoisotopic (exact) mass is 268 g/mol. The van der Waals surface area contributed by atoms with Gasteiger partial charge in [-0.3, -0.25) is 0 Å². The zero-order chi connectivity index (χ0) is 13.5. The quantitative estimate of drug-likeness (QED) is 0.642. The second-order valence-electron chi connectivity index (χ2n) is 3.54. The van der Waals surface area contributed by atoms with Gasteiger partial charge in [0.25, 0.3) is 0 Å². The van der Waals surface area contributed by atoms with Crippen LogP contribution in [-0.4, -0.2) is 24.3 Å². The molecule has 18 heavy (non-hydrogen) atoms. The van der Waals surface area contributed by atoms with E-state index in [9.17, 15) is 19.8 Å². The molecule has 0 amide bonds. The minimum atomic E-state index is -1.40. The van der Waals surface area contributed by atoms with Gasteiger partial charge in [-0.2, -0.15) is 0 Å². The Morgan fingerprint density at radius 1 is 1.28 bits per heavy atom. The van der Waals surface area contributed by atoms with Crippen LogP contribution in [0.4, 0.5) is 0 Å². The highest BCUT2D eigenvalue weighted by Gasteiger charge is 2.11. The normalized spacial score (nSPS) is 11.8. The number of carboxylic acid groups (broad SMARTS) is 2. The molecule has 0 spiro atoms. The Balaban J connectivity index is 2.55. The Kier molecular flexibility index (Phi) is 5.51. The summed E-state index contributed by atoms with van der Waals surface area (Å²) in [7, 11) is 1.55. The third-order valence-electron chi connectivity index (χ3n) is 2.23. The number of carbonyl (C=O) groups excluding carboxylic acids is 2. The summed E-state index contributed by atoms with van der Waals surface area (Å²) in [5.41, 5.74) is 0.880. The molecule has 5 nitrogen and oxygen atoms in total. The number of carbonyl (C=O) groups is 2. The van der Waals surface area contributed by atoms with Crippen molar-refractivity contribution in [2.24, 2.45) is 0 Å². The molecular formula is C12H12O5S-2. The Bertz CT molecular complexity index is 415. The van der Waals surface area contributed by atoms with E-state index < -0.39 is 23.6 Å². The molecule has 0 bridgehead atoms. The molecule has 0 saturated carbocycles. The SMILES string of the molecule is COc1ccc(CSC(CC(=O)[O-])C(=O)[O-])cc1. The highest BCUT2D eigenvalue weighted by Crippen LogP contribution is 2.21. The number of hydrogen-bond donors (Lipinski definition) is 0. The molecule has 0 saturated heterocycles. The Labute approximate surface area is 109 Å². The zero-order valence-electron chi connectivity index (χ0n) is 9.75. The van der Waals surface area contributed by atoms with Crippen LogP contribution in [0.5, 0.6) is 5.75 Å². The van der Waals surface area contributed by atoms with Crippen molar-refractivity contribution in [3.8, 4) is 5.75 Å². The number of methoxy groups -OCH3 is 1. The summed E-state index contributed by atoms with van der Waals surface area (Å²) in [6.07, 6.45) is -0.552. The Morgan fingerprint density at radius 2 is 1.89 bits per heavy atom. The summed E-state index contributed by atoms with van der Waals surface area (Å²) >= 11 is 1.00. The Morgan fingerprint density at radius 3 is 2.33 bits per heavy atom. The topological polar surface area (TPSA) is 89.5 Å². The molecule has 0 radical (unpaired) electrons. The largest absolute Gasteiger partial charge is 0.550 e. The van der Waals surface area contributed by atoms with Gasteiger partial charge in [0.05, 0.1) is 13.1 Å². The number of rotatable bonds is 7. The first kappa shape index (κ1) is 14.4. The fourth-order valence-corrected chi connectivity index (χ4v) is 2.26. The predicted molar refractivity (Wildman–Crippen MR) is 62.7 cm³/mol. The highest BCUT2D eigenvalue weighted by molar-refractivity contribution is 7.99. The maximum Gasteiger partial charge on any atom is 0.118 e. The molecule has 0 N–H and O–H groups in total. The van der Waals surface area contributed by atoms with E-state index in [0.717, 1.165) is 17.3 Å².